The molecule has 0 amide bonds. The molecule has 0 aromatic heterocycles. The van der Waals surface area contributed by atoms with Gasteiger partial charge in [-0.05, 0) is 32.5 Å². The van der Waals surface area contributed by atoms with Gasteiger partial charge in [-0.1, -0.05) is 6.42 Å². The molecule has 0 spiro atoms. The van der Waals surface area contributed by atoms with Gasteiger partial charge in [0.15, 0.2) is 0 Å². The van der Waals surface area contributed by atoms with Gasteiger partial charge in [-0.25, -0.2) is 0 Å². The predicted molar refractivity (Wildman–Crippen MR) is 39.5 cm³/mol. The third-order valence-electron chi connectivity index (χ3n) is 1.88. The molecule has 0 saturated carbocycles. The van der Waals surface area contributed by atoms with E-state index in [-0.39, 0.29) is 32.7 Å². The molecule has 0 aromatic carbocycles. The normalized spacial score (nSPS) is 20.1. The first kappa shape index (κ1) is 11.0. The molecule has 0 atom stereocenters. The molecule has 57 valence electrons. The van der Waals surface area contributed by atoms with Crippen molar-refractivity contribution < 1.29 is 32.7 Å². The van der Waals surface area contributed by atoms with Crippen LogP contribution in [-0.2, 0) is 32.7 Å². The van der Waals surface area contributed by atoms with Gasteiger partial charge in [0.1, 0.15) is 0 Å². The first-order valence-corrected chi connectivity index (χ1v) is 3.80. The summed E-state index contributed by atoms with van der Waals surface area (Å²) < 4.78 is 0. The fourth-order valence-electron chi connectivity index (χ4n) is 1.34. The van der Waals surface area contributed by atoms with Crippen LogP contribution in [0.1, 0.15) is 19.3 Å². The SMILES string of the molecule is [NH-]CCN1CCCCC1.[Y]. The van der Waals surface area contributed by atoms with Crippen molar-refractivity contribution in [3.8, 4) is 0 Å². The predicted octanol–water partition coefficient (Wildman–Crippen LogP) is 1.52. The van der Waals surface area contributed by atoms with Gasteiger partial charge in [-0.15, -0.1) is 6.54 Å². The van der Waals surface area contributed by atoms with Gasteiger partial charge in [-0.3, -0.25) is 0 Å². The van der Waals surface area contributed by atoms with E-state index < -0.39 is 0 Å². The maximum Gasteiger partial charge on any atom is 0 e. The zero-order valence-corrected chi connectivity index (χ0v) is 9.31. The number of nitrogens with one attached hydrogen (secondary N) is 1. The molecule has 1 N–H and O–H groups in total. The Bertz CT molecular complexity index is 69.3. The zero-order chi connectivity index (χ0) is 6.53. The number of nitrogens with zero attached hydrogens (tertiary/aromatic N) is 1. The fourth-order valence-corrected chi connectivity index (χ4v) is 1.34. The molecule has 1 saturated heterocycles. The van der Waals surface area contributed by atoms with Crippen LogP contribution in [0, 0.1) is 0 Å². The van der Waals surface area contributed by atoms with Gasteiger partial charge in [0.25, 0.3) is 0 Å². The van der Waals surface area contributed by atoms with E-state index in [1.54, 1.807) is 0 Å². The first-order chi connectivity index (χ1) is 4.43. The molecule has 0 bridgehead atoms. The van der Waals surface area contributed by atoms with Crippen LogP contribution < -0.4 is 0 Å². The third kappa shape index (κ3) is 4.02. The van der Waals surface area contributed by atoms with E-state index >= 15 is 0 Å². The Labute approximate surface area is 88.4 Å². The molecular formula is C7H15N2Y-. The summed E-state index contributed by atoms with van der Waals surface area (Å²) in [4.78, 5) is 2.39. The van der Waals surface area contributed by atoms with E-state index in [2.05, 4.69) is 4.90 Å². The number of rotatable bonds is 2. The second kappa shape index (κ2) is 6.72. The minimum atomic E-state index is 0. The number of piperidine rings is 1. The zero-order valence-electron chi connectivity index (χ0n) is 6.47. The summed E-state index contributed by atoms with van der Waals surface area (Å²) >= 11 is 0. The second-order valence-corrected chi connectivity index (χ2v) is 2.65. The number of hydrogen-bond acceptors (Lipinski definition) is 1. The number of likely N-dealkylation sites (tertiary alicyclic amines) is 1. The van der Waals surface area contributed by atoms with Crippen LogP contribution in [0.4, 0.5) is 0 Å². The molecule has 1 radical (unpaired) electrons. The maximum atomic E-state index is 7.00. The Morgan fingerprint density at radius 3 is 2.20 bits per heavy atom. The van der Waals surface area contributed by atoms with Gasteiger partial charge < -0.3 is 10.6 Å². The van der Waals surface area contributed by atoms with Gasteiger partial charge in [0, 0.05) is 32.7 Å². The van der Waals surface area contributed by atoms with Crippen LogP contribution >= 0.6 is 0 Å². The summed E-state index contributed by atoms with van der Waals surface area (Å²) in [6.07, 6.45) is 4.09. The van der Waals surface area contributed by atoms with E-state index in [0.29, 0.717) is 6.54 Å². The van der Waals surface area contributed by atoms with Gasteiger partial charge in [0.2, 0.25) is 0 Å². The molecule has 0 unspecified atom stereocenters. The second-order valence-electron chi connectivity index (χ2n) is 2.65. The molecule has 1 rings (SSSR count). The Balaban J connectivity index is 0.000000810. The average molecular weight is 216 g/mol. The van der Waals surface area contributed by atoms with Crippen molar-refractivity contribution in [1.29, 1.82) is 0 Å². The molecule has 10 heavy (non-hydrogen) atoms. The summed E-state index contributed by atoms with van der Waals surface area (Å²) in [6.45, 7) is 4.03. The van der Waals surface area contributed by atoms with E-state index in [0.717, 1.165) is 6.54 Å². The standard InChI is InChI=1S/C7H15N2.Y/c8-4-7-9-5-2-1-3-6-9;/h8H,1-7H2;/q-1;. The summed E-state index contributed by atoms with van der Waals surface area (Å²) in [5, 5.41) is 0. The third-order valence-corrected chi connectivity index (χ3v) is 1.88. The van der Waals surface area contributed by atoms with Crippen molar-refractivity contribution in [2.75, 3.05) is 26.2 Å². The van der Waals surface area contributed by atoms with Crippen LogP contribution in [0.2, 0.25) is 0 Å². The molecule has 1 aliphatic heterocycles. The smallest absolute Gasteiger partial charge is 0 e. The monoisotopic (exact) mass is 216 g/mol. The van der Waals surface area contributed by atoms with Crippen molar-refractivity contribution in [3.63, 3.8) is 0 Å². The van der Waals surface area contributed by atoms with Crippen LogP contribution in [-0.4, -0.2) is 31.1 Å². The Kier molecular flexibility index (Phi) is 7.40. The Hall–Kier alpha value is 1.02. The van der Waals surface area contributed by atoms with Gasteiger partial charge in [0.05, 0.1) is 0 Å². The summed E-state index contributed by atoms with van der Waals surface area (Å²) in [6, 6.07) is 0. The van der Waals surface area contributed by atoms with Crippen molar-refractivity contribution in [1.82, 2.24) is 4.90 Å². The van der Waals surface area contributed by atoms with Crippen molar-refractivity contribution >= 4 is 0 Å². The van der Waals surface area contributed by atoms with Crippen molar-refractivity contribution in [2.24, 2.45) is 0 Å². The van der Waals surface area contributed by atoms with Gasteiger partial charge in [-0.2, -0.15) is 0 Å². The molecule has 0 aliphatic carbocycles. The van der Waals surface area contributed by atoms with Crippen LogP contribution in [0.15, 0.2) is 0 Å². The molecular weight excluding hydrogens is 201 g/mol. The van der Waals surface area contributed by atoms with E-state index in [9.17, 15) is 0 Å². The molecule has 1 fully saturated rings. The van der Waals surface area contributed by atoms with E-state index in [4.69, 9.17) is 5.73 Å². The molecule has 1 heterocycles. The quantitative estimate of drug-likeness (QED) is 0.687. The molecule has 0 aromatic rings. The van der Waals surface area contributed by atoms with Crippen LogP contribution in [0.5, 0.6) is 0 Å². The van der Waals surface area contributed by atoms with Gasteiger partial charge >= 0.3 is 0 Å². The summed E-state index contributed by atoms with van der Waals surface area (Å²) in [5.74, 6) is 0. The van der Waals surface area contributed by atoms with Crippen molar-refractivity contribution in [3.05, 3.63) is 5.73 Å². The van der Waals surface area contributed by atoms with Crippen LogP contribution in [0.3, 0.4) is 0 Å². The topological polar surface area (TPSA) is 27.0 Å². The van der Waals surface area contributed by atoms with Crippen LogP contribution in [0.25, 0.3) is 5.73 Å². The molecule has 1 aliphatic rings. The minimum Gasteiger partial charge on any atom is -0.676 e. The number of hydrogen-bond donors (Lipinski definition) is 0. The molecule has 2 nitrogen and oxygen atoms in total. The largest absolute Gasteiger partial charge is 0.676 e. The summed E-state index contributed by atoms with van der Waals surface area (Å²) in [7, 11) is 0. The van der Waals surface area contributed by atoms with E-state index in [1.165, 1.54) is 32.4 Å². The maximum absolute atomic E-state index is 7.00. The summed E-state index contributed by atoms with van der Waals surface area (Å²) in [5.41, 5.74) is 7.00. The Morgan fingerprint density at radius 1 is 1.10 bits per heavy atom. The average Bonchev–Trinajstić information content (AvgIpc) is 1.91. The fraction of sp³-hybridized carbons (Fsp3) is 1.00. The van der Waals surface area contributed by atoms with E-state index in [1.807, 2.05) is 0 Å². The van der Waals surface area contributed by atoms with Crippen molar-refractivity contribution in [2.45, 2.75) is 19.3 Å². The first-order valence-electron chi connectivity index (χ1n) is 3.80. The Morgan fingerprint density at radius 2 is 1.70 bits per heavy atom. The molecule has 3 heteroatoms. The minimum absolute atomic E-state index is 0.